The van der Waals surface area contributed by atoms with Crippen LogP contribution in [0.1, 0.15) is 30.4 Å². The van der Waals surface area contributed by atoms with Gasteiger partial charge in [-0.1, -0.05) is 78.9 Å². The van der Waals surface area contributed by atoms with Gasteiger partial charge in [-0.25, -0.2) is 0 Å². The van der Waals surface area contributed by atoms with Crippen LogP contribution in [0.5, 0.6) is 0 Å². The number of piperidine rings is 1. The first-order valence-corrected chi connectivity index (χ1v) is 11.3. The highest BCUT2D eigenvalue weighted by atomic mass is 32.4. The molecule has 0 radical (unpaired) electrons. The fraction of sp³-hybridized carbons (Fsp3) is 0.368. The van der Waals surface area contributed by atoms with Crippen molar-refractivity contribution in [2.75, 3.05) is 13.1 Å². The van der Waals surface area contributed by atoms with Gasteiger partial charge in [0.15, 0.2) is 0 Å². The fourth-order valence-electron chi connectivity index (χ4n) is 3.24. The first kappa shape index (κ1) is 15.9. The molecule has 2 aromatic rings. The molecule has 1 fully saturated rings. The van der Waals surface area contributed by atoms with Crippen molar-refractivity contribution in [3.63, 3.8) is 0 Å². The van der Waals surface area contributed by atoms with E-state index in [2.05, 4.69) is 65.3 Å². The Hall–Kier alpha value is -0.950. The third-order valence-electron chi connectivity index (χ3n) is 4.39. The summed E-state index contributed by atoms with van der Waals surface area (Å²) in [6, 6.07) is 21.6. The van der Waals surface area contributed by atoms with Gasteiger partial charge in [0.25, 0.3) is 0 Å². The van der Waals surface area contributed by atoms with Crippen LogP contribution in [0.15, 0.2) is 60.7 Å². The van der Waals surface area contributed by atoms with Gasteiger partial charge in [-0.2, -0.15) is 0 Å². The van der Waals surface area contributed by atoms with Crippen molar-refractivity contribution in [3.8, 4) is 0 Å². The van der Waals surface area contributed by atoms with Crippen LogP contribution in [-0.2, 0) is 24.1 Å². The number of rotatable bonds is 5. The molecule has 1 saturated heterocycles. The standard InChI is InChI=1S/C19H24NPS/c22-21(20-14-8-3-9-15-20,16-18-10-4-1-5-11-18)17-19-12-6-2-7-13-19/h1-2,4-7,10-13H,3,8-9,14-17H2. The van der Waals surface area contributed by atoms with Crippen molar-refractivity contribution in [1.29, 1.82) is 0 Å². The van der Waals surface area contributed by atoms with E-state index in [1.807, 2.05) is 0 Å². The van der Waals surface area contributed by atoms with E-state index in [4.69, 9.17) is 11.8 Å². The summed E-state index contributed by atoms with van der Waals surface area (Å²) in [5, 5.41) is 0. The molecule has 0 amide bonds. The Morgan fingerprint density at radius 3 is 1.64 bits per heavy atom. The third kappa shape index (κ3) is 4.07. The summed E-state index contributed by atoms with van der Waals surface area (Å²) in [4.78, 5) is 0. The van der Waals surface area contributed by atoms with Gasteiger partial charge in [0.2, 0.25) is 0 Å². The summed E-state index contributed by atoms with van der Waals surface area (Å²) < 4.78 is 2.66. The summed E-state index contributed by atoms with van der Waals surface area (Å²) in [6.45, 7) is 2.38. The summed E-state index contributed by atoms with van der Waals surface area (Å²) in [5.41, 5.74) is 2.79. The molecule has 116 valence electrons. The smallest absolute Gasteiger partial charge is 0.0235 e. The molecule has 22 heavy (non-hydrogen) atoms. The maximum atomic E-state index is 6.32. The van der Waals surface area contributed by atoms with Crippen molar-refractivity contribution in [2.45, 2.75) is 31.6 Å². The van der Waals surface area contributed by atoms with E-state index in [-0.39, 0.29) is 0 Å². The monoisotopic (exact) mass is 329 g/mol. The lowest BCUT2D eigenvalue weighted by molar-refractivity contribution is 0.367. The maximum absolute atomic E-state index is 6.32. The lowest BCUT2D eigenvalue weighted by atomic mass is 10.2. The summed E-state index contributed by atoms with van der Waals surface area (Å²) in [5.74, 6) is 0. The zero-order chi connectivity index (χ0) is 15.3. The molecule has 0 unspecified atom stereocenters. The molecule has 1 aliphatic heterocycles. The van der Waals surface area contributed by atoms with Crippen LogP contribution in [0.3, 0.4) is 0 Å². The van der Waals surface area contributed by atoms with Crippen molar-refractivity contribution in [1.82, 2.24) is 4.67 Å². The average molecular weight is 329 g/mol. The topological polar surface area (TPSA) is 3.24 Å². The predicted octanol–water partition coefficient (Wildman–Crippen LogP) is 5.27. The molecule has 0 spiro atoms. The van der Waals surface area contributed by atoms with Gasteiger partial charge in [0.05, 0.1) is 0 Å². The highest BCUT2D eigenvalue weighted by Gasteiger charge is 2.27. The molecule has 3 rings (SSSR count). The molecule has 3 heteroatoms. The molecular weight excluding hydrogens is 305 g/mol. The van der Waals surface area contributed by atoms with Crippen molar-refractivity contribution >= 4 is 18.0 Å². The van der Waals surface area contributed by atoms with Crippen LogP contribution >= 0.6 is 6.19 Å². The zero-order valence-electron chi connectivity index (χ0n) is 13.0. The molecule has 1 heterocycles. The van der Waals surface area contributed by atoms with E-state index >= 15 is 0 Å². The van der Waals surface area contributed by atoms with E-state index in [1.54, 1.807) is 0 Å². The first-order valence-electron chi connectivity index (χ1n) is 8.18. The van der Waals surface area contributed by atoms with Gasteiger partial charge in [0.1, 0.15) is 0 Å². The molecule has 0 aromatic heterocycles. The van der Waals surface area contributed by atoms with Gasteiger partial charge in [0, 0.05) is 31.6 Å². The molecule has 0 aliphatic carbocycles. The van der Waals surface area contributed by atoms with Crippen LogP contribution in [0.4, 0.5) is 0 Å². The van der Waals surface area contributed by atoms with E-state index in [0.717, 1.165) is 12.3 Å². The van der Waals surface area contributed by atoms with Gasteiger partial charge in [-0.05, 0) is 24.0 Å². The zero-order valence-corrected chi connectivity index (χ0v) is 14.7. The maximum Gasteiger partial charge on any atom is 0.0235 e. The highest BCUT2D eigenvalue weighted by Crippen LogP contribution is 2.56. The van der Waals surface area contributed by atoms with Crippen molar-refractivity contribution < 1.29 is 0 Å². The second kappa shape index (κ2) is 7.55. The third-order valence-corrected chi connectivity index (χ3v) is 9.01. The summed E-state index contributed by atoms with van der Waals surface area (Å²) in [7, 11) is 0. The van der Waals surface area contributed by atoms with E-state index in [9.17, 15) is 0 Å². The number of nitrogens with zero attached hydrogens (tertiary/aromatic N) is 1. The minimum Gasteiger partial charge on any atom is -0.274 e. The number of benzene rings is 2. The molecule has 0 saturated carbocycles. The Kier molecular flexibility index (Phi) is 5.46. The second-order valence-electron chi connectivity index (χ2n) is 6.15. The Balaban J connectivity index is 1.85. The SMILES string of the molecule is S=P(Cc1ccccc1)(Cc1ccccc1)N1CCCCC1. The second-order valence-corrected chi connectivity index (χ2v) is 11.1. The highest BCUT2D eigenvalue weighted by molar-refractivity contribution is 8.12. The van der Waals surface area contributed by atoms with Crippen molar-refractivity contribution in [2.24, 2.45) is 0 Å². The van der Waals surface area contributed by atoms with E-state index in [1.165, 1.54) is 43.5 Å². The van der Waals surface area contributed by atoms with Gasteiger partial charge in [-0.3, -0.25) is 4.67 Å². The van der Waals surface area contributed by atoms with Crippen LogP contribution in [0, 0.1) is 0 Å². The fourth-order valence-corrected chi connectivity index (χ4v) is 7.71. The Morgan fingerprint density at radius 1 is 0.727 bits per heavy atom. The van der Waals surface area contributed by atoms with Gasteiger partial charge < -0.3 is 0 Å². The molecule has 0 atom stereocenters. The Bertz CT molecular complexity index is 575. The van der Waals surface area contributed by atoms with Crippen LogP contribution in [0.2, 0.25) is 0 Å². The predicted molar refractivity (Wildman–Crippen MR) is 100 cm³/mol. The van der Waals surface area contributed by atoms with Crippen LogP contribution in [-0.4, -0.2) is 17.8 Å². The number of hydrogen-bond donors (Lipinski definition) is 0. The Labute approximate surface area is 139 Å². The van der Waals surface area contributed by atoms with Crippen molar-refractivity contribution in [3.05, 3.63) is 71.8 Å². The summed E-state index contributed by atoms with van der Waals surface area (Å²) in [6.07, 6.45) is 4.51. The lowest BCUT2D eigenvalue weighted by Gasteiger charge is -2.38. The number of hydrogen-bond acceptors (Lipinski definition) is 1. The summed E-state index contributed by atoms with van der Waals surface area (Å²) >= 11 is 6.32. The Morgan fingerprint density at radius 2 is 1.18 bits per heavy atom. The van der Waals surface area contributed by atoms with Crippen LogP contribution in [0.25, 0.3) is 0 Å². The lowest BCUT2D eigenvalue weighted by Crippen LogP contribution is -2.28. The normalized spacial score (nSPS) is 16.5. The first-order chi connectivity index (χ1) is 10.8. The minimum absolute atomic E-state index is 1.05. The van der Waals surface area contributed by atoms with Gasteiger partial charge in [-0.15, -0.1) is 0 Å². The molecule has 0 bridgehead atoms. The van der Waals surface area contributed by atoms with E-state index in [0.29, 0.717) is 0 Å². The van der Waals surface area contributed by atoms with E-state index < -0.39 is 6.19 Å². The largest absolute Gasteiger partial charge is 0.274 e. The molecule has 0 N–H and O–H groups in total. The quantitative estimate of drug-likeness (QED) is 0.688. The van der Waals surface area contributed by atoms with Crippen LogP contribution < -0.4 is 0 Å². The molecular formula is C19H24NPS. The molecule has 1 nitrogen and oxygen atoms in total. The molecule has 1 aliphatic rings. The minimum atomic E-state index is -1.57. The average Bonchev–Trinajstić information content (AvgIpc) is 2.57. The molecule has 2 aromatic carbocycles. The van der Waals surface area contributed by atoms with Gasteiger partial charge >= 0.3 is 0 Å².